The largest absolute Gasteiger partial charge is 0.379 e. The van der Waals surface area contributed by atoms with E-state index in [1.807, 2.05) is 71.8 Å². The number of likely N-dealkylation sites (N-methyl/N-ethyl adjacent to an activating group) is 1. The molecule has 21 heteroatoms. The topological polar surface area (TPSA) is 236 Å². The van der Waals surface area contributed by atoms with Crippen LogP contribution in [0, 0.1) is 17.8 Å². The molecule has 1 unspecified atom stereocenters. The number of aliphatic imine (C=N–C) groups is 1. The van der Waals surface area contributed by atoms with Gasteiger partial charge in [0, 0.05) is 69.0 Å². The summed E-state index contributed by atoms with van der Waals surface area (Å²) in [5, 5.41) is 10.6. The van der Waals surface area contributed by atoms with Crippen LogP contribution in [0.5, 0.6) is 0 Å². The molecule has 1 aliphatic heterocycles. The molecule has 0 radical (unpaired) electrons. The summed E-state index contributed by atoms with van der Waals surface area (Å²) in [6.07, 6.45) is 2.21. The Morgan fingerprint density at radius 2 is 1.65 bits per heavy atom. The molecule has 3 rings (SSSR count). The Morgan fingerprint density at radius 1 is 0.985 bits per heavy atom. The van der Waals surface area contributed by atoms with E-state index < -0.39 is 69.9 Å². The third kappa shape index (κ3) is 15.7. The van der Waals surface area contributed by atoms with Gasteiger partial charge in [-0.1, -0.05) is 76.6 Å². The zero-order chi connectivity index (χ0) is 48.6. The van der Waals surface area contributed by atoms with Crippen molar-refractivity contribution in [3.63, 3.8) is 0 Å². The molecule has 2 heterocycles. The van der Waals surface area contributed by atoms with Crippen LogP contribution in [-0.2, 0) is 63.1 Å². The zero-order valence-electron chi connectivity index (χ0n) is 40.5. The summed E-state index contributed by atoms with van der Waals surface area (Å²) in [4.78, 5) is 73.1. The van der Waals surface area contributed by atoms with Crippen molar-refractivity contribution in [3.05, 3.63) is 47.8 Å². The lowest BCUT2D eigenvalue weighted by Gasteiger charge is -2.40. The first-order valence-corrected chi connectivity index (χ1v) is 24.0. The number of rotatable bonds is 25. The molecule has 65 heavy (non-hydrogen) atoms. The van der Waals surface area contributed by atoms with E-state index in [0.29, 0.717) is 36.6 Å². The van der Waals surface area contributed by atoms with Gasteiger partial charge in [-0.25, -0.2) is 19.3 Å². The van der Waals surface area contributed by atoms with Gasteiger partial charge in [-0.05, 0) is 36.7 Å². The van der Waals surface area contributed by atoms with Crippen LogP contribution in [0.2, 0.25) is 0 Å². The lowest BCUT2D eigenvalue weighted by molar-refractivity contribution is -0.146. The molecule has 1 aromatic carbocycles. The number of nitrogens with two attached hydrogens (primary N) is 1. The first-order chi connectivity index (χ1) is 30.7. The highest BCUT2D eigenvalue weighted by Gasteiger charge is 2.43. The first kappa shape index (κ1) is 54.6. The molecule has 0 aliphatic carbocycles. The molecule has 1 aliphatic rings. The number of ether oxygens (including phenoxy) is 2. The van der Waals surface area contributed by atoms with Crippen LogP contribution in [0.4, 0.5) is 0 Å². The molecule has 0 saturated carbocycles. The van der Waals surface area contributed by atoms with Crippen LogP contribution in [0.15, 0.2) is 41.5 Å². The van der Waals surface area contributed by atoms with E-state index in [2.05, 4.69) is 25.2 Å². The third-order valence-electron chi connectivity index (χ3n) is 12.0. The number of likely N-dealkylation sites (tertiary alicyclic amines) is 1. The molecule has 4 amide bonds. The fourth-order valence-electron chi connectivity index (χ4n) is 8.41. The Balaban J connectivity index is 1.79. The highest BCUT2D eigenvalue weighted by Crippen LogP contribution is 2.30. The van der Waals surface area contributed by atoms with Gasteiger partial charge in [-0.3, -0.25) is 33.4 Å². The van der Waals surface area contributed by atoms with E-state index in [4.69, 9.17) is 20.4 Å². The van der Waals surface area contributed by atoms with Crippen molar-refractivity contribution < 1.29 is 41.9 Å². The molecule has 0 spiro atoms. The van der Waals surface area contributed by atoms with Gasteiger partial charge in [0.15, 0.2) is 5.96 Å². The summed E-state index contributed by atoms with van der Waals surface area (Å²) in [6.45, 7) is 10.3. The number of hydrogen-bond donors (Lipinski definition) is 3. The maximum Gasteiger partial charge on any atom is 0.256 e. The molecule has 0 bridgehead atoms. The average molecular weight is 934 g/mol. The molecular formula is C44H75N11O9S. The molecule has 366 valence electrons. The minimum absolute atomic E-state index is 0.0146. The number of hydrogen-bond acceptors (Lipinski definition) is 13. The second-order valence-electron chi connectivity index (χ2n) is 17.7. The number of amides is 4. The predicted octanol–water partition coefficient (Wildman–Crippen LogP) is 1.66. The second kappa shape index (κ2) is 25.9. The lowest BCUT2D eigenvalue weighted by atomic mass is 9.89. The fraction of sp³-hybridized carbons (Fsp3) is 0.705. The van der Waals surface area contributed by atoms with E-state index in [1.54, 1.807) is 61.3 Å². The van der Waals surface area contributed by atoms with Crippen molar-refractivity contribution in [2.45, 2.75) is 123 Å². The number of carbonyl (C=O) groups excluding carboxylic acids is 4. The summed E-state index contributed by atoms with van der Waals surface area (Å²) in [5.41, 5.74) is 1.18. The minimum atomic E-state index is -4.12. The number of aromatic nitrogens is 3. The van der Waals surface area contributed by atoms with Crippen LogP contribution in [-0.4, -0.2) is 171 Å². The van der Waals surface area contributed by atoms with Gasteiger partial charge >= 0.3 is 0 Å². The lowest BCUT2D eigenvalue weighted by Crippen LogP contribution is -2.56. The van der Waals surface area contributed by atoms with E-state index >= 15 is 0 Å². The Bertz CT molecular complexity index is 1950. The van der Waals surface area contributed by atoms with Crippen LogP contribution in [0.3, 0.4) is 0 Å². The van der Waals surface area contributed by atoms with Crippen molar-refractivity contribution in [2.75, 3.05) is 61.8 Å². The molecule has 2 aromatic rings. The Hall–Kier alpha value is -4.70. The Labute approximate surface area is 385 Å². The number of aryl methyl sites for hydroxylation is 1. The summed E-state index contributed by atoms with van der Waals surface area (Å²) in [6, 6.07) is 6.05. The standard InChI is InChI=1S/C44H75N11O9S/c1-13-30(4)39(53(10)43(59)38(29(2)3)47-44(51(6)7)52(8)9)36(62-11)26-37(56)55-23-17-21-35(55)40(63-12)31(5)41(57)46-34(25-32-19-15-14-16-20-32)42(58)49-65(60,61)24-18-22-54-27-33(28-64-45)48-50-54/h14-16,19-20,27,29-31,34-36,38-40H,13,17-18,21-26,28,45H2,1-12H3,(H,46,57)(H,49,58)/t30-,31+,34-,35-,36+,38?,39-,40+/m0/s1. The van der Waals surface area contributed by atoms with Crippen molar-refractivity contribution in [1.29, 1.82) is 0 Å². The number of benzene rings is 1. The number of guanidine groups is 1. The van der Waals surface area contributed by atoms with E-state index in [0.717, 1.165) is 6.42 Å². The van der Waals surface area contributed by atoms with Crippen molar-refractivity contribution >= 4 is 39.6 Å². The summed E-state index contributed by atoms with van der Waals surface area (Å²) < 4.78 is 41.9. The molecule has 1 aromatic heterocycles. The van der Waals surface area contributed by atoms with Crippen LogP contribution >= 0.6 is 0 Å². The molecule has 1 saturated heterocycles. The Morgan fingerprint density at radius 3 is 2.22 bits per heavy atom. The van der Waals surface area contributed by atoms with Crippen LogP contribution in [0.1, 0.15) is 78.0 Å². The van der Waals surface area contributed by atoms with Gasteiger partial charge in [-0.2, -0.15) is 0 Å². The van der Waals surface area contributed by atoms with Gasteiger partial charge in [0.25, 0.3) is 5.91 Å². The number of methoxy groups -OCH3 is 2. The van der Waals surface area contributed by atoms with Crippen molar-refractivity contribution in [3.8, 4) is 0 Å². The quantitative estimate of drug-likeness (QED) is 0.0730. The van der Waals surface area contributed by atoms with Crippen LogP contribution in [0.25, 0.3) is 0 Å². The molecular weight excluding hydrogens is 859 g/mol. The second-order valence-corrected chi connectivity index (χ2v) is 19.5. The predicted molar refractivity (Wildman–Crippen MR) is 247 cm³/mol. The van der Waals surface area contributed by atoms with Gasteiger partial charge in [-0.15, -0.1) is 5.10 Å². The average Bonchev–Trinajstić information content (AvgIpc) is 3.93. The smallest absolute Gasteiger partial charge is 0.256 e. The number of carbonyl (C=O) groups is 4. The fourth-order valence-corrected chi connectivity index (χ4v) is 9.47. The summed E-state index contributed by atoms with van der Waals surface area (Å²) in [5.74, 6) is 2.52. The van der Waals surface area contributed by atoms with Gasteiger partial charge in [0.1, 0.15) is 24.4 Å². The number of sulfonamides is 1. The van der Waals surface area contributed by atoms with Gasteiger partial charge in [0.05, 0.1) is 48.6 Å². The first-order valence-electron chi connectivity index (χ1n) is 22.3. The highest BCUT2D eigenvalue weighted by atomic mass is 32.2. The van der Waals surface area contributed by atoms with E-state index in [1.165, 1.54) is 11.8 Å². The van der Waals surface area contributed by atoms with Gasteiger partial charge in [0.2, 0.25) is 27.7 Å². The normalized spacial score (nSPS) is 17.3. The zero-order valence-corrected chi connectivity index (χ0v) is 41.3. The molecule has 20 nitrogen and oxygen atoms in total. The maximum atomic E-state index is 14.4. The van der Waals surface area contributed by atoms with Gasteiger partial charge < -0.3 is 34.4 Å². The maximum absolute atomic E-state index is 14.4. The van der Waals surface area contributed by atoms with E-state index in [-0.39, 0.29) is 56.1 Å². The van der Waals surface area contributed by atoms with Crippen LogP contribution < -0.4 is 15.9 Å². The molecule has 8 atom stereocenters. The van der Waals surface area contributed by atoms with Crippen molar-refractivity contribution in [1.82, 2.24) is 44.6 Å². The molecule has 1 fully saturated rings. The number of nitrogens with one attached hydrogen (secondary N) is 2. The summed E-state index contributed by atoms with van der Waals surface area (Å²) >= 11 is 0. The highest BCUT2D eigenvalue weighted by molar-refractivity contribution is 7.90. The van der Waals surface area contributed by atoms with Crippen molar-refractivity contribution in [2.24, 2.45) is 28.6 Å². The Kier molecular flexibility index (Phi) is 21.7. The monoisotopic (exact) mass is 934 g/mol. The summed E-state index contributed by atoms with van der Waals surface area (Å²) in [7, 11) is 8.18. The molecule has 4 N–H and O–H groups in total. The minimum Gasteiger partial charge on any atom is -0.379 e. The third-order valence-corrected chi connectivity index (χ3v) is 13.3. The van der Waals surface area contributed by atoms with E-state index in [9.17, 15) is 27.6 Å². The SMILES string of the molecule is CC[C@H](C)[C@@H]([C@@H](CC(=O)N1CCC[C@H]1[C@H](OC)[C@@H](C)C(=O)N[C@@H](Cc1ccccc1)C(=O)NS(=O)(=O)CCCn1cc(CON)nn1)OC)N(C)C(=O)C(N=C(N(C)C)N(C)C)C(C)C. The number of nitrogens with zero attached hydrogens (tertiary/aromatic N) is 8.